The molecular weight excluding hydrogens is 538 g/mol. The van der Waals surface area contributed by atoms with E-state index in [0.29, 0.717) is 34.8 Å². The van der Waals surface area contributed by atoms with Gasteiger partial charge in [-0.05, 0) is 51.7 Å². The first-order chi connectivity index (χ1) is 15.0. The van der Waals surface area contributed by atoms with Crippen LogP contribution in [0.25, 0.3) is 10.9 Å². The number of methoxy groups -OCH3 is 1. The lowest BCUT2D eigenvalue weighted by Gasteiger charge is -2.20. The largest absolute Gasteiger partial charge is 0.493 e. The molecule has 0 aliphatic rings. The quantitative estimate of drug-likeness (QED) is 0.327. The van der Waals surface area contributed by atoms with Gasteiger partial charge < -0.3 is 9.47 Å². The molecule has 0 fully saturated rings. The minimum Gasteiger partial charge on any atom is -0.493 e. The number of nitrogens with zero attached hydrogens (tertiary/aromatic N) is 3. The maximum Gasteiger partial charge on any atom is 0.282 e. The number of hydrogen-bond acceptors (Lipinski definition) is 5. The summed E-state index contributed by atoms with van der Waals surface area (Å²) in [6, 6.07) is 9.16. The SMILES string of the molecule is COc1cc(C=Nn2c(C(C)C)nc3ccc(Br)cc3c2=O)c(Br)cc1OCC(C)(C)C. The minimum atomic E-state index is -0.218. The Morgan fingerprint density at radius 1 is 1.16 bits per heavy atom. The van der Waals surface area contributed by atoms with Crippen LogP contribution in [0.5, 0.6) is 11.5 Å². The molecule has 170 valence electrons. The molecule has 1 heterocycles. The Labute approximate surface area is 204 Å². The normalized spacial score (nSPS) is 12.2. The second-order valence-electron chi connectivity index (χ2n) is 9.02. The van der Waals surface area contributed by atoms with Gasteiger partial charge in [0.2, 0.25) is 0 Å². The van der Waals surface area contributed by atoms with Crippen LogP contribution in [-0.2, 0) is 0 Å². The minimum absolute atomic E-state index is 0.0130. The van der Waals surface area contributed by atoms with Crippen molar-refractivity contribution in [3.63, 3.8) is 0 Å². The number of fused-ring (bicyclic) bond motifs is 1. The molecule has 0 bridgehead atoms. The third-order valence-corrected chi connectivity index (χ3v) is 5.79. The van der Waals surface area contributed by atoms with E-state index in [1.165, 1.54) is 4.68 Å². The molecule has 8 heteroatoms. The van der Waals surface area contributed by atoms with Crippen LogP contribution < -0.4 is 15.0 Å². The highest BCUT2D eigenvalue weighted by molar-refractivity contribution is 9.10. The molecule has 0 unspecified atom stereocenters. The molecule has 0 saturated heterocycles. The summed E-state index contributed by atoms with van der Waals surface area (Å²) in [5.74, 6) is 1.84. The first kappa shape index (κ1) is 24.5. The number of rotatable bonds is 6. The highest BCUT2D eigenvalue weighted by Crippen LogP contribution is 2.34. The molecule has 0 radical (unpaired) electrons. The van der Waals surface area contributed by atoms with Gasteiger partial charge in [0.25, 0.3) is 5.56 Å². The third kappa shape index (κ3) is 5.59. The van der Waals surface area contributed by atoms with Crippen LogP contribution in [0.2, 0.25) is 0 Å². The van der Waals surface area contributed by atoms with Crippen molar-refractivity contribution in [3.8, 4) is 11.5 Å². The molecule has 6 nitrogen and oxygen atoms in total. The van der Waals surface area contributed by atoms with Crippen molar-refractivity contribution in [3.05, 3.63) is 61.0 Å². The van der Waals surface area contributed by atoms with Gasteiger partial charge in [0.15, 0.2) is 11.5 Å². The molecule has 1 aromatic heterocycles. The zero-order valence-electron chi connectivity index (χ0n) is 19.1. The number of ether oxygens (including phenoxy) is 2. The van der Waals surface area contributed by atoms with Crippen LogP contribution in [0.15, 0.2) is 49.2 Å². The molecule has 3 rings (SSSR count). The van der Waals surface area contributed by atoms with E-state index in [9.17, 15) is 4.79 Å². The van der Waals surface area contributed by atoms with Crippen molar-refractivity contribution in [2.75, 3.05) is 13.7 Å². The Morgan fingerprint density at radius 2 is 1.88 bits per heavy atom. The van der Waals surface area contributed by atoms with Gasteiger partial charge in [-0.3, -0.25) is 4.79 Å². The van der Waals surface area contributed by atoms with E-state index in [1.54, 1.807) is 19.4 Å². The van der Waals surface area contributed by atoms with Crippen LogP contribution in [0, 0.1) is 5.41 Å². The molecule has 0 aliphatic heterocycles. The summed E-state index contributed by atoms with van der Waals surface area (Å²) >= 11 is 7.01. The average Bonchev–Trinajstić information content (AvgIpc) is 2.72. The van der Waals surface area contributed by atoms with Crippen molar-refractivity contribution in [2.45, 2.75) is 40.5 Å². The Bertz CT molecular complexity index is 1230. The van der Waals surface area contributed by atoms with Crippen LogP contribution >= 0.6 is 31.9 Å². The number of aromatic nitrogens is 2. The Kier molecular flexibility index (Phi) is 7.45. The number of benzene rings is 2. The molecule has 0 spiro atoms. The average molecular weight is 565 g/mol. The fourth-order valence-electron chi connectivity index (χ4n) is 2.99. The van der Waals surface area contributed by atoms with E-state index in [4.69, 9.17) is 9.47 Å². The van der Waals surface area contributed by atoms with E-state index in [-0.39, 0.29) is 16.9 Å². The predicted octanol–water partition coefficient (Wildman–Crippen LogP) is 6.36. The van der Waals surface area contributed by atoms with E-state index in [1.807, 2.05) is 38.1 Å². The molecular formula is C24H27Br2N3O3. The zero-order chi connectivity index (χ0) is 23.6. The molecule has 3 aromatic rings. The molecule has 0 aliphatic carbocycles. The summed E-state index contributed by atoms with van der Waals surface area (Å²) < 4.78 is 14.4. The maximum atomic E-state index is 13.2. The van der Waals surface area contributed by atoms with Crippen LogP contribution in [0.3, 0.4) is 0 Å². The lowest BCUT2D eigenvalue weighted by atomic mass is 9.99. The second-order valence-corrected chi connectivity index (χ2v) is 10.8. The smallest absolute Gasteiger partial charge is 0.282 e. The van der Waals surface area contributed by atoms with E-state index < -0.39 is 0 Å². The highest BCUT2D eigenvalue weighted by atomic mass is 79.9. The van der Waals surface area contributed by atoms with Gasteiger partial charge in [0, 0.05) is 20.4 Å². The van der Waals surface area contributed by atoms with Gasteiger partial charge in [-0.1, -0.05) is 50.5 Å². The van der Waals surface area contributed by atoms with E-state index in [0.717, 1.165) is 14.5 Å². The van der Waals surface area contributed by atoms with Gasteiger partial charge in [-0.25, -0.2) is 4.98 Å². The fraction of sp³-hybridized carbons (Fsp3) is 0.375. The van der Waals surface area contributed by atoms with Gasteiger partial charge in [-0.15, -0.1) is 0 Å². The van der Waals surface area contributed by atoms with Crippen LogP contribution in [0.4, 0.5) is 0 Å². The Hall–Kier alpha value is -2.19. The number of hydrogen-bond donors (Lipinski definition) is 0. The van der Waals surface area contributed by atoms with Crippen LogP contribution in [-0.4, -0.2) is 29.6 Å². The lowest BCUT2D eigenvalue weighted by molar-refractivity contribution is 0.191. The lowest BCUT2D eigenvalue weighted by Crippen LogP contribution is -2.23. The van der Waals surface area contributed by atoms with E-state index >= 15 is 0 Å². The first-order valence-corrected chi connectivity index (χ1v) is 11.9. The topological polar surface area (TPSA) is 65.7 Å². The molecule has 32 heavy (non-hydrogen) atoms. The molecule has 0 atom stereocenters. The van der Waals surface area contributed by atoms with Gasteiger partial charge in [-0.2, -0.15) is 9.78 Å². The Morgan fingerprint density at radius 3 is 2.50 bits per heavy atom. The van der Waals surface area contributed by atoms with Gasteiger partial charge in [0.05, 0.1) is 30.8 Å². The third-order valence-electron chi connectivity index (χ3n) is 4.61. The van der Waals surface area contributed by atoms with Crippen molar-refractivity contribution in [1.82, 2.24) is 9.66 Å². The Balaban J connectivity index is 2.06. The van der Waals surface area contributed by atoms with E-state index in [2.05, 4.69) is 62.7 Å². The fourth-order valence-corrected chi connectivity index (χ4v) is 3.77. The summed E-state index contributed by atoms with van der Waals surface area (Å²) in [5.41, 5.74) is 1.20. The standard InChI is InChI=1S/C24H27Br2N3O3/c1-14(2)22-28-19-8-7-16(25)10-17(19)23(30)29(22)27-12-15-9-20(31-6)21(11-18(15)26)32-13-24(3,4)5/h7-12,14H,13H2,1-6H3. The van der Waals surface area contributed by atoms with Gasteiger partial charge in [0.1, 0.15) is 5.82 Å². The summed E-state index contributed by atoms with van der Waals surface area (Å²) in [6.07, 6.45) is 1.62. The van der Waals surface area contributed by atoms with Crippen molar-refractivity contribution in [2.24, 2.45) is 10.5 Å². The maximum absolute atomic E-state index is 13.2. The van der Waals surface area contributed by atoms with Crippen LogP contribution in [0.1, 0.15) is 51.9 Å². The summed E-state index contributed by atoms with van der Waals surface area (Å²) in [5, 5.41) is 5.01. The second kappa shape index (κ2) is 9.75. The van der Waals surface area contributed by atoms with Crippen molar-refractivity contribution >= 4 is 49.0 Å². The zero-order valence-corrected chi connectivity index (χ0v) is 22.2. The monoisotopic (exact) mass is 563 g/mol. The van der Waals surface area contributed by atoms with Crippen molar-refractivity contribution in [1.29, 1.82) is 0 Å². The first-order valence-electron chi connectivity index (χ1n) is 10.3. The summed E-state index contributed by atoms with van der Waals surface area (Å²) in [6.45, 7) is 10.8. The molecule has 2 aromatic carbocycles. The summed E-state index contributed by atoms with van der Waals surface area (Å²) in [4.78, 5) is 17.9. The molecule has 0 saturated carbocycles. The number of halogens is 2. The van der Waals surface area contributed by atoms with Crippen molar-refractivity contribution < 1.29 is 9.47 Å². The van der Waals surface area contributed by atoms with Gasteiger partial charge >= 0.3 is 0 Å². The highest BCUT2D eigenvalue weighted by Gasteiger charge is 2.16. The molecule has 0 N–H and O–H groups in total. The molecule has 0 amide bonds. The predicted molar refractivity (Wildman–Crippen MR) is 136 cm³/mol. The summed E-state index contributed by atoms with van der Waals surface area (Å²) in [7, 11) is 1.60.